The van der Waals surface area contributed by atoms with E-state index in [0.717, 1.165) is 5.56 Å². The Bertz CT molecular complexity index is 1950. The fourth-order valence-corrected chi connectivity index (χ4v) is 5.91. The van der Waals surface area contributed by atoms with Crippen LogP contribution in [0.15, 0.2) is 130 Å². The number of carbonyl (C=O) groups is 2. The number of sulfonamides is 1. The Kier molecular flexibility index (Phi) is 11.1. The van der Waals surface area contributed by atoms with E-state index in [-0.39, 0.29) is 23.7 Å². The van der Waals surface area contributed by atoms with E-state index in [1.165, 1.54) is 34.8 Å². The van der Waals surface area contributed by atoms with Gasteiger partial charge in [0, 0.05) is 22.3 Å². The lowest BCUT2D eigenvalue weighted by Gasteiger charge is -2.21. The molecule has 0 bridgehead atoms. The molecule has 0 radical (unpaired) electrons. The summed E-state index contributed by atoms with van der Waals surface area (Å²) in [6.45, 7) is 0.335. The van der Waals surface area contributed by atoms with Crippen molar-refractivity contribution >= 4 is 56.9 Å². The van der Waals surface area contributed by atoms with Crippen LogP contribution in [0.25, 0.3) is 0 Å². The number of benzene rings is 4. The first-order valence-corrected chi connectivity index (χ1v) is 16.4. The van der Waals surface area contributed by atoms with E-state index in [1.807, 2.05) is 30.3 Å². The summed E-state index contributed by atoms with van der Waals surface area (Å²) < 4.78 is 39.9. The maximum Gasteiger partial charge on any atom is 0.329 e. The minimum Gasteiger partial charge on any atom is -0.489 e. The summed E-state index contributed by atoms with van der Waals surface area (Å²) in [6.07, 6.45) is 1.20. The second-order valence-corrected chi connectivity index (χ2v) is 12.9. The van der Waals surface area contributed by atoms with Crippen LogP contribution in [0.2, 0.25) is 10.0 Å². The van der Waals surface area contributed by atoms with Crippen LogP contribution in [-0.4, -0.2) is 30.8 Å². The highest BCUT2D eigenvalue weighted by Crippen LogP contribution is 2.24. The van der Waals surface area contributed by atoms with Crippen LogP contribution in [0.1, 0.15) is 22.6 Å². The number of nitrogens with zero attached hydrogens (tertiary/aromatic N) is 2. The molecule has 2 amide bonds. The van der Waals surface area contributed by atoms with Crippen LogP contribution in [0.4, 0.5) is 5.69 Å². The van der Waals surface area contributed by atoms with Gasteiger partial charge < -0.3 is 14.5 Å². The van der Waals surface area contributed by atoms with Crippen molar-refractivity contribution in [1.82, 2.24) is 9.73 Å². The number of carbonyl (C=O) groups excluding carboxylic acids is 2. The van der Waals surface area contributed by atoms with Crippen molar-refractivity contribution in [2.45, 2.75) is 24.6 Å². The summed E-state index contributed by atoms with van der Waals surface area (Å²) in [5, 5.41) is 7.21. The van der Waals surface area contributed by atoms with E-state index in [4.69, 9.17) is 32.4 Å². The number of furan rings is 1. The molecule has 13 heteroatoms. The molecule has 0 aliphatic carbocycles. The molecule has 0 atom stereocenters. The van der Waals surface area contributed by atoms with E-state index >= 15 is 0 Å². The third-order valence-electron chi connectivity index (χ3n) is 6.66. The van der Waals surface area contributed by atoms with Gasteiger partial charge in [-0.1, -0.05) is 65.7 Å². The van der Waals surface area contributed by atoms with Crippen LogP contribution in [0.3, 0.4) is 0 Å². The van der Waals surface area contributed by atoms with Gasteiger partial charge in [0.15, 0.2) is 0 Å². The Morgan fingerprint density at radius 2 is 1.43 bits per heavy atom. The smallest absolute Gasteiger partial charge is 0.329 e. The molecule has 5 aromatic rings. The topological polar surface area (TPSA) is 130 Å². The Hall–Kier alpha value is -4.94. The van der Waals surface area contributed by atoms with Gasteiger partial charge in [0.1, 0.15) is 23.9 Å². The third-order valence-corrected chi connectivity index (χ3v) is 8.97. The first-order chi connectivity index (χ1) is 22.7. The summed E-state index contributed by atoms with van der Waals surface area (Å²) in [7, 11) is -3.96. The van der Waals surface area contributed by atoms with Gasteiger partial charge >= 0.3 is 11.8 Å². The molecular formula is C34H28Cl2N4O6S. The summed E-state index contributed by atoms with van der Waals surface area (Å²) in [5.74, 6) is -0.777. The number of hydrazone groups is 1. The number of hydrogen-bond acceptors (Lipinski definition) is 7. The van der Waals surface area contributed by atoms with Crippen LogP contribution >= 0.6 is 23.2 Å². The van der Waals surface area contributed by atoms with Crippen LogP contribution in [0, 0.1) is 0 Å². The monoisotopic (exact) mass is 690 g/mol. The second-order valence-electron chi connectivity index (χ2n) is 10.1. The second kappa shape index (κ2) is 15.6. The molecule has 0 saturated carbocycles. The molecule has 0 aliphatic heterocycles. The van der Waals surface area contributed by atoms with Gasteiger partial charge in [-0.25, -0.2) is 13.8 Å². The van der Waals surface area contributed by atoms with E-state index in [9.17, 15) is 18.0 Å². The van der Waals surface area contributed by atoms with Gasteiger partial charge in [-0.2, -0.15) is 9.41 Å². The molecular weight excluding hydrogens is 663 g/mol. The van der Waals surface area contributed by atoms with Crippen molar-refractivity contribution in [3.63, 3.8) is 0 Å². The van der Waals surface area contributed by atoms with Crippen molar-refractivity contribution < 1.29 is 27.2 Å². The zero-order chi connectivity index (χ0) is 33.2. The van der Waals surface area contributed by atoms with Crippen molar-refractivity contribution in [3.8, 4) is 5.75 Å². The van der Waals surface area contributed by atoms with Gasteiger partial charge in [0.2, 0.25) is 10.0 Å². The summed E-state index contributed by atoms with van der Waals surface area (Å²) in [6, 6.07) is 32.1. The molecule has 1 aromatic heterocycles. The molecule has 0 spiro atoms. The largest absolute Gasteiger partial charge is 0.489 e. The Morgan fingerprint density at radius 1 is 0.766 bits per heavy atom. The number of anilines is 1. The molecule has 0 fully saturated rings. The molecule has 5 rings (SSSR count). The minimum absolute atomic E-state index is 0.0425. The Morgan fingerprint density at radius 3 is 2.11 bits per heavy atom. The van der Waals surface area contributed by atoms with Gasteiger partial charge in [0.05, 0.1) is 17.7 Å². The first-order valence-electron chi connectivity index (χ1n) is 14.2. The molecule has 1 heterocycles. The van der Waals surface area contributed by atoms with Crippen molar-refractivity contribution in [1.29, 1.82) is 0 Å². The highest BCUT2D eigenvalue weighted by atomic mass is 35.5. The molecule has 10 nitrogen and oxygen atoms in total. The lowest BCUT2D eigenvalue weighted by atomic mass is 10.2. The molecule has 240 valence electrons. The number of ether oxygens (including phenoxy) is 1. The van der Waals surface area contributed by atoms with Gasteiger partial charge in [-0.3, -0.25) is 9.59 Å². The lowest BCUT2D eigenvalue weighted by Crippen LogP contribution is -2.32. The number of nitrogens with one attached hydrogen (secondary N) is 2. The van der Waals surface area contributed by atoms with Gasteiger partial charge in [-0.05, 0) is 83.9 Å². The van der Waals surface area contributed by atoms with E-state index in [0.29, 0.717) is 39.4 Å². The highest BCUT2D eigenvalue weighted by Gasteiger charge is 2.26. The maximum atomic E-state index is 13.6. The van der Waals surface area contributed by atoms with E-state index < -0.39 is 21.8 Å². The normalized spacial score (nSPS) is 11.5. The predicted molar refractivity (Wildman–Crippen MR) is 180 cm³/mol. The molecule has 0 saturated heterocycles. The predicted octanol–water partition coefficient (Wildman–Crippen LogP) is 6.65. The summed E-state index contributed by atoms with van der Waals surface area (Å²) in [4.78, 5) is 24.7. The number of halogens is 2. The van der Waals surface area contributed by atoms with Crippen molar-refractivity contribution in [2.24, 2.45) is 5.10 Å². The standard InChI is InChI=1S/C34H28Cl2N4O6S/c35-26-8-6-24(7-9-26)21-40(47(43,44)32-18-10-27(36)11-19-32)22-31-17-16-30(46-31)20-37-39-34(42)33(41)38-28-12-14-29(15-13-28)45-23-25-4-2-1-3-5-25/h1-20H,21-23H2,(H,38,41)(H,39,42)/b37-20+. The SMILES string of the molecule is O=C(N/N=C/c1ccc(CN(Cc2ccc(Cl)cc2)S(=O)(=O)c2ccc(Cl)cc2)o1)C(=O)Nc1ccc(OCc2ccccc2)cc1. The zero-order valence-corrected chi connectivity index (χ0v) is 27.0. The Balaban J connectivity index is 1.16. The quantitative estimate of drug-likeness (QED) is 0.0857. The fraction of sp³-hybridized carbons (Fsp3) is 0.0882. The molecule has 2 N–H and O–H groups in total. The Labute approximate surface area is 281 Å². The van der Waals surface area contributed by atoms with Gasteiger partial charge in [-0.15, -0.1) is 0 Å². The summed E-state index contributed by atoms with van der Waals surface area (Å²) >= 11 is 12.0. The number of hydrogen-bond donors (Lipinski definition) is 2. The minimum atomic E-state index is -3.96. The van der Waals surface area contributed by atoms with E-state index in [1.54, 1.807) is 60.7 Å². The van der Waals surface area contributed by atoms with Crippen LogP contribution in [-0.2, 0) is 39.3 Å². The molecule has 0 unspecified atom stereocenters. The fourth-order valence-electron chi connectivity index (χ4n) is 4.27. The van der Waals surface area contributed by atoms with E-state index in [2.05, 4.69) is 15.8 Å². The van der Waals surface area contributed by atoms with Crippen LogP contribution in [0.5, 0.6) is 5.75 Å². The number of amides is 2. The zero-order valence-electron chi connectivity index (χ0n) is 24.7. The average Bonchev–Trinajstić information content (AvgIpc) is 3.52. The summed E-state index contributed by atoms with van der Waals surface area (Å²) in [5.41, 5.74) is 4.28. The highest BCUT2D eigenvalue weighted by molar-refractivity contribution is 7.89. The maximum absolute atomic E-state index is 13.6. The molecule has 4 aromatic carbocycles. The molecule has 47 heavy (non-hydrogen) atoms. The third kappa shape index (κ3) is 9.53. The first kappa shape index (κ1) is 33.4. The van der Waals surface area contributed by atoms with Crippen molar-refractivity contribution in [2.75, 3.05) is 5.32 Å². The van der Waals surface area contributed by atoms with Crippen molar-refractivity contribution in [3.05, 3.63) is 148 Å². The van der Waals surface area contributed by atoms with Crippen LogP contribution < -0.4 is 15.5 Å². The number of rotatable bonds is 12. The van der Waals surface area contributed by atoms with Gasteiger partial charge in [0.25, 0.3) is 0 Å². The lowest BCUT2D eigenvalue weighted by molar-refractivity contribution is -0.136. The average molecular weight is 692 g/mol. The molecule has 0 aliphatic rings.